The van der Waals surface area contributed by atoms with Crippen LogP contribution in [0.3, 0.4) is 0 Å². The average Bonchev–Trinajstić information content (AvgIpc) is 3.56. The summed E-state index contributed by atoms with van der Waals surface area (Å²) >= 11 is 1.39. The van der Waals surface area contributed by atoms with Crippen LogP contribution in [0.15, 0.2) is 29.6 Å². The van der Waals surface area contributed by atoms with E-state index < -0.39 is 6.04 Å². The smallest absolute Gasteiger partial charge is 0.246 e. The zero-order chi connectivity index (χ0) is 24.9. The number of thiazole rings is 1. The van der Waals surface area contributed by atoms with E-state index in [9.17, 15) is 19.5 Å². The summed E-state index contributed by atoms with van der Waals surface area (Å²) in [6.07, 6.45) is 7.65. The molecule has 2 fully saturated rings. The van der Waals surface area contributed by atoms with Crippen molar-refractivity contribution in [2.24, 2.45) is 11.8 Å². The summed E-state index contributed by atoms with van der Waals surface area (Å²) in [5.74, 6) is -0.266. The maximum atomic E-state index is 13.9. The van der Waals surface area contributed by atoms with Crippen LogP contribution in [0.2, 0.25) is 0 Å². The predicted molar refractivity (Wildman–Crippen MR) is 135 cm³/mol. The lowest BCUT2D eigenvalue weighted by atomic mass is 9.83. The number of amides is 2. The van der Waals surface area contributed by atoms with Gasteiger partial charge in [0.05, 0.1) is 6.04 Å². The summed E-state index contributed by atoms with van der Waals surface area (Å²) in [4.78, 5) is 46.0. The van der Waals surface area contributed by atoms with Gasteiger partial charge in [-0.15, -0.1) is 11.3 Å². The van der Waals surface area contributed by atoms with Gasteiger partial charge in [0.1, 0.15) is 22.5 Å². The van der Waals surface area contributed by atoms with Crippen molar-refractivity contribution in [3.05, 3.63) is 45.9 Å². The third-order valence-electron chi connectivity index (χ3n) is 7.43. The molecule has 0 unspecified atom stereocenters. The van der Waals surface area contributed by atoms with Crippen LogP contribution in [0.5, 0.6) is 5.75 Å². The number of phenols is 1. The number of likely N-dealkylation sites (tertiary alicyclic amines) is 1. The first kappa shape index (κ1) is 25.4. The summed E-state index contributed by atoms with van der Waals surface area (Å²) in [6.45, 7) is 4.51. The van der Waals surface area contributed by atoms with Crippen LogP contribution in [-0.4, -0.2) is 45.2 Å². The van der Waals surface area contributed by atoms with E-state index >= 15 is 0 Å². The summed E-state index contributed by atoms with van der Waals surface area (Å²) < 4.78 is 0. The van der Waals surface area contributed by atoms with E-state index in [1.807, 2.05) is 18.7 Å². The Bertz CT molecular complexity index is 1060. The van der Waals surface area contributed by atoms with E-state index in [0.29, 0.717) is 17.8 Å². The summed E-state index contributed by atoms with van der Waals surface area (Å²) in [5.41, 5.74) is 0.704. The third kappa shape index (κ3) is 5.74. The predicted octanol–water partition coefficient (Wildman–Crippen LogP) is 4.85. The van der Waals surface area contributed by atoms with Crippen LogP contribution in [0, 0.1) is 11.8 Å². The topological polar surface area (TPSA) is 99.6 Å². The van der Waals surface area contributed by atoms with Gasteiger partial charge < -0.3 is 15.3 Å². The van der Waals surface area contributed by atoms with Gasteiger partial charge in [0.2, 0.25) is 17.6 Å². The molecule has 0 spiro atoms. The average molecular weight is 498 g/mol. The number of benzene rings is 1. The Morgan fingerprint density at radius 1 is 1.17 bits per heavy atom. The van der Waals surface area contributed by atoms with Crippen molar-refractivity contribution in [1.29, 1.82) is 0 Å². The molecule has 7 nitrogen and oxygen atoms in total. The Balaban J connectivity index is 1.53. The Morgan fingerprint density at radius 2 is 1.94 bits per heavy atom. The highest BCUT2D eigenvalue weighted by molar-refractivity contribution is 7.10. The van der Waals surface area contributed by atoms with E-state index in [0.717, 1.165) is 50.0 Å². The molecule has 4 rings (SSSR count). The standard InChI is InChI=1S/C27H35N3O4S/c1-3-17(2)25(33)29-23(18-9-5-4-6-10-18)27(34)30-14-8-13-22(30)26-28-21(16-35-26)24(32)19-11-7-12-20(31)15-19/h7,11-12,15-18,22-23,31H,3-6,8-10,13-14H2,1-2H3,(H,29,33)/t17-,22+,23+/m1/s1. The molecule has 188 valence electrons. The van der Waals surface area contributed by atoms with Crippen molar-refractivity contribution in [2.45, 2.75) is 77.3 Å². The first-order valence-corrected chi connectivity index (χ1v) is 13.7. The number of phenolic OH excluding ortho intramolecular Hbond substituents is 1. The van der Waals surface area contributed by atoms with Gasteiger partial charge in [0, 0.05) is 23.4 Å². The fourth-order valence-corrected chi connectivity index (χ4v) is 6.08. The lowest BCUT2D eigenvalue weighted by Crippen LogP contribution is -2.53. The monoisotopic (exact) mass is 497 g/mol. The normalized spacial score (nSPS) is 20.4. The minimum absolute atomic E-state index is 0.0212. The lowest BCUT2D eigenvalue weighted by molar-refractivity contribution is -0.140. The van der Waals surface area contributed by atoms with Crippen molar-refractivity contribution < 1.29 is 19.5 Å². The molecule has 1 aromatic heterocycles. The van der Waals surface area contributed by atoms with E-state index in [1.54, 1.807) is 17.5 Å². The second-order valence-electron chi connectivity index (χ2n) is 9.83. The fraction of sp³-hybridized carbons (Fsp3) is 0.556. The van der Waals surface area contributed by atoms with Crippen LogP contribution in [0.4, 0.5) is 0 Å². The number of aromatic hydroxyl groups is 1. The lowest BCUT2D eigenvalue weighted by Gasteiger charge is -2.35. The van der Waals surface area contributed by atoms with E-state index in [1.165, 1.54) is 29.9 Å². The Hall–Kier alpha value is -2.74. The molecule has 2 amide bonds. The van der Waals surface area contributed by atoms with Crippen molar-refractivity contribution in [3.8, 4) is 5.75 Å². The molecular formula is C27H35N3O4S. The number of hydrogen-bond donors (Lipinski definition) is 2. The highest BCUT2D eigenvalue weighted by Crippen LogP contribution is 2.36. The van der Waals surface area contributed by atoms with Crippen molar-refractivity contribution in [2.75, 3.05) is 6.54 Å². The molecule has 1 saturated heterocycles. The van der Waals surface area contributed by atoms with Gasteiger partial charge in [0.25, 0.3) is 0 Å². The minimum atomic E-state index is -0.509. The van der Waals surface area contributed by atoms with Gasteiger partial charge in [-0.05, 0) is 50.2 Å². The quantitative estimate of drug-likeness (QED) is 0.508. The number of carbonyl (C=O) groups is 3. The van der Waals surface area contributed by atoms with Crippen LogP contribution in [0.25, 0.3) is 0 Å². The minimum Gasteiger partial charge on any atom is -0.508 e. The molecule has 2 aromatic rings. The number of carbonyl (C=O) groups excluding carboxylic acids is 3. The summed E-state index contributed by atoms with van der Waals surface area (Å²) in [6, 6.07) is 5.54. The van der Waals surface area contributed by atoms with Gasteiger partial charge in [-0.25, -0.2) is 4.98 Å². The van der Waals surface area contributed by atoms with Crippen molar-refractivity contribution >= 4 is 28.9 Å². The van der Waals surface area contributed by atoms with Gasteiger partial charge in [-0.1, -0.05) is 45.2 Å². The van der Waals surface area contributed by atoms with Crippen LogP contribution >= 0.6 is 11.3 Å². The molecule has 0 bridgehead atoms. The Kier molecular flexibility index (Phi) is 8.21. The number of nitrogens with zero attached hydrogens (tertiary/aromatic N) is 2. The molecule has 1 aliphatic heterocycles. The second-order valence-corrected chi connectivity index (χ2v) is 10.7. The maximum absolute atomic E-state index is 13.9. The maximum Gasteiger partial charge on any atom is 0.246 e. The highest BCUT2D eigenvalue weighted by atomic mass is 32.1. The molecular weight excluding hydrogens is 462 g/mol. The van der Waals surface area contributed by atoms with Crippen molar-refractivity contribution in [3.63, 3.8) is 0 Å². The molecule has 1 aliphatic carbocycles. The zero-order valence-electron chi connectivity index (χ0n) is 20.5. The van der Waals surface area contributed by atoms with Crippen molar-refractivity contribution in [1.82, 2.24) is 15.2 Å². The number of rotatable bonds is 8. The molecule has 1 aromatic carbocycles. The van der Waals surface area contributed by atoms with Gasteiger partial charge in [-0.2, -0.15) is 0 Å². The van der Waals surface area contributed by atoms with Gasteiger partial charge in [-0.3, -0.25) is 14.4 Å². The number of nitrogens with one attached hydrogen (secondary N) is 1. The number of aromatic nitrogens is 1. The van der Waals surface area contributed by atoms with Crippen LogP contribution in [-0.2, 0) is 9.59 Å². The summed E-state index contributed by atoms with van der Waals surface area (Å²) in [5, 5.41) is 15.3. The Morgan fingerprint density at radius 3 is 2.66 bits per heavy atom. The number of ketones is 1. The highest BCUT2D eigenvalue weighted by Gasteiger charge is 2.40. The molecule has 0 radical (unpaired) electrons. The molecule has 2 aliphatic rings. The van der Waals surface area contributed by atoms with Crippen LogP contribution in [0.1, 0.15) is 92.3 Å². The zero-order valence-corrected chi connectivity index (χ0v) is 21.4. The van der Waals surface area contributed by atoms with Gasteiger partial charge in [0.15, 0.2) is 0 Å². The van der Waals surface area contributed by atoms with Crippen LogP contribution < -0.4 is 5.32 Å². The molecule has 2 heterocycles. The third-order valence-corrected chi connectivity index (χ3v) is 8.37. The molecule has 8 heteroatoms. The fourth-order valence-electron chi connectivity index (χ4n) is 5.14. The van der Waals surface area contributed by atoms with E-state index in [4.69, 9.17) is 0 Å². The van der Waals surface area contributed by atoms with E-state index in [-0.39, 0.29) is 41.2 Å². The summed E-state index contributed by atoms with van der Waals surface area (Å²) in [7, 11) is 0. The first-order chi connectivity index (χ1) is 16.9. The van der Waals surface area contributed by atoms with Gasteiger partial charge >= 0.3 is 0 Å². The first-order valence-electron chi connectivity index (χ1n) is 12.8. The van der Waals surface area contributed by atoms with E-state index in [2.05, 4.69) is 10.3 Å². The molecule has 2 N–H and O–H groups in total. The number of hydrogen-bond acceptors (Lipinski definition) is 6. The largest absolute Gasteiger partial charge is 0.508 e. The molecule has 35 heavy (non-hydrogen) atoms. The second kappa shape index (κ2) is 11.3. The molecule has 1 saturated carbocycles. The molecule has 3 atom stereocenters. The Labute approximate surface area is 210 Å². The SMILES string of the molecule is CC[C@@H](C)C(=O)N[C@H](C(=O)N1CCC[C@H]1c1nc(C(=O)c2cccc(O)c2)cs1)C1CCCCC1.